The Kier molecular flexibility index (Phi) is 3.60. The van der Waals surface area contributed by atoms with Gasteiger partial charge in [-0.15, -0.1) is 11.3 Å². The van der Waals surface area contributed by atoms with Crippen molar-refractivity contribution in [3.63, 3.8) is 0 Å². The molecule has 0 radical (unpaired) electrons. The molecule has 2 rings (SSSR count). The highest BCUT2D eigenvalue weighted by Crippen LogP contribution is 2.42. The number of hydrogen-bond acceptors (Lipinski definition) is 3. The Balaban J connectivity index is 2.10. The van der Waals surface area contributed by atoms with Crippen molar-refractivity contribution >= 4 is 11.3 Å². The van der Waals surface area contributed by atoms with Gasteiger partial charge < -0.3 is 0 Å². The summed E-state index contributed by atoms with van der Waals surface area (Å²) in [6.45, 7) is 2.24. The normalized spacial score (nSPS) is 29.9. The molecule has 0 N–H and O–H groups in total. The summed E-state index contributed by atoms with van der Waals surface area (Å²) in [4.78, 5) is 5.36. The van der Waals surface area contributed by atoms with Crippen molar-refractivity contribution in [1.82, 2.24) is 4.98 Å². The second-order valence-electron chi connectivity index (χ2n) is 4.91. The van der Waals surface area contributed by atoms with E-state index in [0.29, 0.717) is 0 Å². The van der Waals surface area contributed by atoms with E-state index in [1.807, 2.05) is 11.7 Å². The molecule has 2 nitrogen and oxygen atoms in total. The predicted molar refractivity (Wildman–Crippen MR) is 66.1 cm³/mol. The van der Waals surface area contributed by atoms with Crippen LogP contribution in [0, 0.1) is 22.7 Å². The Morgan fingerprint density at radius 2 is 2.56 bits per heavy atom. The van der Waals surface area contributed by atoms with E-state index in [4.69, 9.17) is 0 Å². The van der Waals surface area contributed by atoms with E-state index in [0.717, 1.165) is 25.2 Å². The van der Waals surface area contributed by atoms with Crippen LogP contribution in [0.1, 0.15) is 43.9 Å². The lowest BCUT2D eigenvalue weighted by molar-refractivity contribution is 0.195. The zero-order chi connectivity index (χ0) is 11.4. The summed E-state index contributed by atoms with van der Waals surface area (Å²) in [6.07, 6.45) is 8.71. The van der Waals surface area contributed by atoms with E-state index in [9.17, 15) is 5.26 Å². The molecule has 0 saturated heterocycles. The summed E-state index contributed by atoms with van der Waals surface area (Å²) in [6, 6.07) is 2.60. The fourth-order valence-electron chi connectivity index (χ4n) is 2.80. The van der Waals surface area contributed by atoms with Crippen LogP contribution in [0.3, 0.4) is 0 Å². The molecular formula is C13H18N2S. The van der Waals surface area contributed by atoms with E-state index in [1.54, 1.807) is 11.3 Å². The highest BCUT2D eigenvalue weighted by Gasteiger charge is 2.36. The summed E-state index contributed by atoms with van der Waals surface area (Å²) >= 11 is 1.68. The largest absolute Gasteiger partial charge is 0.253 e. The minimum Gasteiger partial charge on any atom is -0.253 e. The van der Waals surface area contributed by atoms with Crippen molar-refractivity contribution in [3.05, 3.63) is 16.6 Å². The number of rotatable bonds is 3. The van der Waals surface area contributed by atoms with Gasteiger partial charge in [0.2, 0.25) is 0 Å². The minimum atomic E-state index is -0.106. The molecule has 0 amide bonds. The smallest absolute Gasteiger partial charge is 0.0794 e. The van der Waals surface area contributed by atoms with Gasteiger partial charge in [-0.3, -0.25) is 4.98 Å². The van der Waals surface area contributed by atoms with E-state index in [1.165, 1.54) is 24.1 Å². The van der Waals surface area contributed by atoms with Crippen LogP contribution < -0.4 is 0 Å². The molecule has 1 aromatic rings. The van der Waals surface area contributed by atoms with Crippen molar-refractivity contribution < 1.29 is 0 Å². The van der Waals surface area contributed by atoms with Crippen LogP contribution in [0.25, 0.3) is 0 Å². The van der Waals surface area contributed by atoms with E-state index in [2.05, 4.69) is 18.0 Å². The van der Waals surface area contributed by atoms with Crippen molar-refractivity contribution in [2.75, 3.05) is 0 Å². The monoisotopic (exact) mass is 234 g/mol. The first-order valence-electron chi connectivity index (χ1n) is 6.06. The molecule has 3 heteroatoms. The second-order valence-corrected chi connectivity index (χ2v) is 5.88. The molecule has 0 spiro atoms. The molecule has 1 saturated carbocycles. The van der Waals surface area contributed by atoms with Gasteiger partial charge in [-0.1, -0.05) is 26.2 Å². The summed E-state index contributed by atoms with van der Waals surface area (Å²) in [5.74, 6) is 0.751. The fraction of sp³-hybridized carbons (Fsp3) is 0.692. The maximum atomic E-state index is 9.49. The molecule has 2 unspecified atom stereocenters. The SMILES string of the molecule is CCC1CCCC(C#N)(Cc2cncs2)C1. The molecule has 0 bridgehead atoms. The standard InChI is InChI=1S/C13H18N2S/c1-2-11-4-3-5-13(6-11,9-14)7-12-8-15-10-16-12/h8,10-11H,2-7H2,1H3. The lowest BCUT2D eigenvalue weighted by atomic mass is 9.68. The van der Waals surface area contributed by atoms with Crippen LogP contribution >= 0.6 is 11.3 Å². The summed E-state index contributed by atoms with van der Waals surface area (Å²) in [5.41, 5.74) is 1.76. The number of nitrogens with zero attached hydrogens (tertiary/aromatic N) is 2. The van der Waals surface area contributed by atoms with Gasteiger partial charge >= 0.3 is 0 Å². The second kappa shape index (κ2) is 4.97. The van der Waals surface area contributed by atoms with Crippen LogP contribution in [0.4, 0.5) is 0 Å². The van der Waals surface area contributed by atoms with Crippen molar-refractivity contribution in [2.45, 2.75) is 45.4 Å². The van der Waals surface area contributed by atoms with Crippen LogP contribution in [-0.2, 0) is 6.42 Å². The zero-order valence-electron chi connectivity index (χ0n) is 9.78. The van der Waals surface area contributed by atoms with Crippen molar-refractivity contribution in [2.24, 2.45) is 11.3 Å². The van der Waals surface area contributed by atoms with Crippen molar-refractivity contribution in [1.29, 1.82) is 5.26 Å². The van der Waals surface area contributed by atoms with Gasteiger partial charge in [0.15, 0.2) is 0 Å². The maximum Gasteiger partial charge on any atom is 0.0794 e. The zero-order valence-corrected chi connectivity index (χ0v) is 10.6. The molecule has 1 aliphatic carbocycles. The molecular weight excluding hydrogens is 216 g/mol. The molecule has 1 aliphatic rings. The van der Waals surface area contributed by atoms with Gasteiger partial charge in [0.1, 0.15) is 0 Å². The third kappa shape index (κ3) is 2.44. The van der Waals surface area contributed by atoms with Gasteiger partial charge in [-0.2, -0.15) is 5.26 Å². The highest BCUT2D eigenvalue weighted by molar-refractivity contribution is 7.09. The first-order chi connectivity index (χ1) is 7.78. The van der Waals surface area contributed by atoms with E-state index in [-0.39, 0.29) is 5.41 Å². The number of nitriles is 1. The van der Waals surface area contributed by atoms with Gasteiger partial charge in [0, 0.05) is 17.5 Å². The van der Waals surface area contributed by atoms with Crippen molar-refractivity contribution in [3.8, 4) is 6.07 Å². The number of thiazole rings is 1. The molecule has 1 aromatic heterocycles. The summed E-state index contributed by atoms with van der Waals surface area (Å²) < 4.78 is 0. The maximum absolute atomic E-state index is 9.49. The molecule has 86 valence electrons. The van der Waals surface area contributed by atoms with Gasteiger partial charge in [0.05, 0.1) is 17.0 Å². The fourth-order valence-corrected chi connectivity index (χ4v) is 3.54. The minimum absolute atomic E-state index is 0.106. The van der Waals surface area contributed by atoms with E-state index < -0.39 is 0 Å². The first-order valence-corrected chi connectivity index (χ1v) is 6.94. The van der Waals surface area contributed by atoms with Gasteiger partial charge in [0.25, 0.3) is 0 Å². The van der Waals surface area contributed by atoms with Crippen LogP contribution in [0.2, 0.25) is 0 Å². The first kappa shape index (κ1) is 11.6. The summed E-state index contributed by atoms with van der Waals surface area (Å²) in [7, 11) is 0. The quantitative estimate of drug-likeness (QED) is 0.797. The Morgan fingerprint density at radius 3 is 3.19 bits per heavy atom. The van der Waals surface area contributed by atoms with Crippen LogP contribution in [0.5, 0.6) is 0 Å². The Hall–Kier alpha value is -0.880. The lowest BCUT2D eigenvalue weighted by Gasteiger charge is -2.35. The summed E-state index contributed by atoms with van der Waals surface area (Å²) in [5, 5.41) is 9.49. The topological polar surface area (TPSA) is 36.7 Å². The van der Waals surface area contributed by atoms with Gasteiger partial charge in [-0.25, -0.2) is 0 Å². The lowest BCUT2D eigenvalue weighted by Crippen LogP contribution is -2.29. The number of hydrogen-bond donors (Lipinski definition) is 0. The average molecular weight is 234 g/mol. The van der Waals surface area contributed by atoms with Crippen LogP contribution in [0.15, 0.2) is 11.7 Å². The molecule has 1 fully saturated rings. The van der Waals surface area contributed by atoms with Crippen LogP contribution in [-0.4, -0.2) is 4.98 Å². The molecule has 0 aliphatic heterocycles. The Morgan fingerprint density at radius 1 is 1.69 bits per heavy atom. The van der Waals surface area contributed by atoms with E-state index >= 15 is 0 Å². The average Bonchev–Trinajstić information content (AvgIpc) is 2.82. The molecule has 2 atom stereocenters. The molecule has 16 heavy (non-hydrogen) atoms. The predicted octanol–water partition coefficient (Wildman–Crippen LogP) is 3.80. The van der Waals surface area contributed by atoms with Gasteiger partial charge in [-0.05, 0) is 18.8 Å². The third-order valence-electron chi connectivity index (χ3n) is 3.76. The Labute approximate surface area is 101 Å². The highest BCUT2D eigenvalue weighted by atomic mass is 32.1. The third-order valence-corrected chi connectivity index (χ3v) is 4.54. The Bertz CT molecular complexity index is 366. The number of aromatic nitrogens is 1. The molecule has 1 heterocycles. The molecule has 0 aromatic carbocycles.